The van der Waals surface area contributed by atoms with Crippen LogP contribution in [0.2, 0.25) is 0 Å². The number of aromatic nitrogens is 4. The van der Waals surface area contributed by atoms with E-state index in [2.05, 4.69) is 88.9 Å². The van der Waals surface area contributed by atoms with Crippen molar-refractivity contribution >= 4 is 45.9 Å². The van der Waals surface area contributed by atoms with Crippen molar-refractivity contribution in [2.45, 2.75) is 77.0 Å². The summed E-state index contributed by atoms with van der Waals surface area (Å²) in [5.74, 6) is 0. The van der Waals surface area contributed by atoms with Gasteiger partial charge < -0.3 is 9.97 Å². The molecule has 50 heavy (non-hydrogen) atoms. The second-order valence-corrected chi connectivity index (χ2v) is 12.5. The number of rotatable bonds is 13. The maximum atomic E-state index is 9.44. The van der Waals surface area contributed by atoms with Crippen molar-refractivity contribution in [1.82, 2.24) is 19.9 Å². The van der Waals surface area contributed by atoms with Gasteiger partial charge in [0.25, 0.3) is 0 Å². The highest BCUT2D eigenvalue weighted by Gasteiger charge is 2.22. The maximum absolute atomic E-state index is 9.44. The lowest BCUT2D eigenvalue weighted by molar-refractivity contribution is 0.832. The molecule has 0 saturated carbocycles. The Morgan fingerprint density at radius 1 is 0.500 bits per heavy atom. The summed E-state index contributed by atoms with van der Waals surface area (Å²) in [7, 11) is 0. The van der Waals surface area contributed by atoms with Crippen LogP contribution in [0.25, 0.3) is 57.0 Å². The molecule has 2 N–H and O–H groups in total. The lowest BCUT2D eigenvalue weighted by atomic mass is 9.97. The quantitative estimate of drug-likeness (QED) is 0.121. The molecule has 3 aromatic heterocycles. The SMILES string of the molecule is N#CCCCC1=Cc2nc1c(CCCC#N)c1nc(c(CCCC#N)c3ccc([nH]3)c(CCCC#N)c3ccc([nH]3)c2-c2ccccc2)C=C1. The summed E-state index contributed by atoms with van der Waals surface area (Å²) < 4.78 is 0. The lowest BCUT2D eigenvalue weighted by Crippen LogP contribution is -1.98. The summed E-state index contributed by atoms with van der Waals surface area (Å²) in [6.07, 6.45) is 13.6. The maximum Gasteiger partial charge on any atom is 0.0739 e. The molecule has 2 aliphatic heterocycles. The largest absolute Gasteiger partial charge is 0.355 e. The van der Waals surface area contributed by atoms with Crippen LogP contribution in [0.5, 0.6) is 0 Å². The second-order valence-electron chi connectivity index (χ2n) is 12.5. The minimum absolute atomic E-state index is 0.422. The number of nitrogens with one attached hydrogen (secondary N) is 2. The number of aryl methyl sites for hydroxylation is 2. The van der Waals surface area contributed by atoms with Crippen molar-refractivity contribution in [1.29, 1.82) is 21.0 Å². The van der Waals surface area contributed by atoms with Crippen LogP contribution in [0.1, 0.15) is 97.3 Å². The van der Waals surface area contributed by atoms with Gasteiger partial charge in [-0.25, -0.2) is 9.97 Å². The predicted molar refractivity (Wildman–Crippen MR) is 198 cm³/mol. The van der Waals surface area contributed by atoms with E-state index in [1.165, 1.54) is 0 Å². The number of nitriles is 4. The highest BCUT2D eigenvalue weighted by atomic mass is 14.8. The van der Waals surface area contributed by atoms with Crippen molar-refractivity contribution in [3.8, 4) is 35.4 Å². The van der Waals surface area contributed by atoms with Gasteiger partial charge in [-0.2, -0.15) is 21.0 Å². The summed E-state index contributed by atoms with van der Waals surface area (Å²) >= 11 is 0. The van der Waals surface area contributed by atoms with Crippen LogP contribution in [-0.2, 0) is 19.3 Å². The Kier molecular flexibility index (Phi) is 10.9. The molecule has 0 saturated heterocycles. The molecule has 5 heterocycles. The first-order chi connectivity index (χ1) is 24.6. The van der Waals surface area contributed by atoms with Crippen LogP contribution >= 0.6 is 0 Å². The molecule has 0 fully saturated rings. The fourth-order valence-corrected chi connectivity index (χ4v) is 6.82. The lowest BCUT2D eigenvalue weighted by Gasteiger charge is -2.08. The Hall–Kier alpha value is -6.22. The van der Waals surface area contributed by atoms with Gasteiger partial charge in [0.05, 0.1) is 47.1 Å². The molecule has 8 bridgehead atoms. The summed E-state index contributed by atoms with van der Waals surface area (Å²) in [6, 6.07) is 27.8. The number of nitrogens with zero attached hydrogens (tertiary/aromatic N) is 6. The number of hydrogen-bond donors (Lipinski definition) is 2. The van der Waals surface area contributed by atoms with Crippen molar-refractivity contribution in [3.05, 3.63) is 94.1 Å². The Labute approximate surface area is 292 Å². The molecule has 0 atom stereocenters. The van der Waals surface area contributed by atoms with Crippen LogP contribution in [-0.4, -0.2) is 19.9 Å². The van der Waals surface area contributed by atoms with Crippen molar-refractivity contribution in [2.24, 2.45) is 0 Å². The summed E-state index contributed by atoms with van der Waals surface area (Å²) in [5.41, 5.74) is 13.4. The number of aromatic amines is 2. The van der Waals surface area contributed by atoms with Gasteiger partial charge in [0, 0.05) is 64.4 Å². The second kappa shape index (κ2) is 16.3. The van der Waals surface area contributed by atoms with E-state index in [9.17, 15) is 21.0 Å². The Morgan fingerprint density at radius 2 is 1.00 bits per heavy atom. The van der Waals surface area contributed by atoms with E-state index in [0.717, 1.165) is 84.7 Å². The Balaban J connectivity index is 1.75. The minimum atomic E-state index is 0.422. The molecule has 4 aromatic rings. The number of benzene rings is 1. The van der Waals surface area contributed by atoms with Gasteiger partial charge in [0.2, 0.25) is 0 Å². The molecule has 0 spiro atoms. The third kappa shape index (κ3) is 7.42. The minimum Gasteiger partial charge on any atom is -0.355 e. The van der Waals surface area contributed by atoms with Gasteiger partial charge >= 0.3 is 0 Å². The molecular weight excluding hydrogens is 617 g/mol. The number of allylic oxidation sites excluding steroid dienone is 1. The first kappa shape index (κ1) is 33.7. The van der Waals surface area contributed by atoms with Crippen molar-refractivity contribution in [3.63, 3.8) is 0 Å². The molecule has 2 aliphatic rings. The van der Waals surface area contributed by atoms with Crippen LogP contribution in [0, 0.1) is 45.3 Å². The van der Waals surface area contributed by atoms with Gasteiger partial charge in [-0.3, -0.25) is 0 Å². The van der Waals surface area contributed by atoms with Gasteiger partial charge in [-0.1, -0.05) is 30.3 Å². The molecule has 0 amide bonds. The molecule has 0 aliphatic carbocycles. The molecule has 8 heteroatoms. The zero-order valence-corrected chi connectivity index (χ0v) is 28.1. The fourth-order valence-electron chi connectivity index (χ4n) is 6.82. The van der Waals surface area contributed by atoms with Gasteiger partial charge in [-0.15, -0.1) is 0 Å². The molecule has 246 valence electrons. The monoisotopic (exact) mass is 654 g/mol. The summed E-state index contributed by atoms with van der Waals surface area (Å²) in [6.45, 7) is 0. The highest BCUT2D eigenvalue weighted by Crippen LogP contribution is 2.37. The van der Waals surface area contributed by atoms with Crippen molar-refractivity contribution < 1.29 is 0 Å². The van der Waals surface area contributed by atoms with Crippen molar-refractivity contribution in [2.75, 3.05) is 0 Å². The zero-order valence-electron chi connectivity index (χ0n) is 28.1. The molecule has 8 nitrogen and oxygen atoms in total. The Bertz CT molecular complexity index is 2270. The molecule has 1 aromatic carbocycles. The highest BCUT2D eigenvalue weighted by molar-refractivity contribution is 5.95. The van der Waals surface area contributed by atoms with Crippen LogP contribution < -0.4 is 0 Å². The van der Waals surface area contributed by atoms with Crippen LogP contribution in [0.3, 0.4) is 0 Å². The third-order valence-corrected chi connectivity index (χ3v) is 9.21. The van der Waals surface area contributed by atoms with Gasteiger partial charge in [0.1, 0.15) is 0 Å². The fraction of sp³-hybridized carbons (Fsp3) is 0.286. The third-order valence-electron chi connectivity index (χ3n) is 9.21. The average Bonchev–Trinajstić information content (AvgIpc) is 3.97. The molecular formula is C42H38N8. The first-order valence-corrected chi connectivity index (χ1v) is 17.3. The van der Waals surface area contributed by atoms with Gasteiger partial charge in [-0.05, 0) is 111 Å². The van der Waals surface area contributed by atoms with Gasteiger partial charge in [0.15, 0.2) is 0 Å². The van der Waals surface area contributed by atoms with E-state index >= 15 is 0 Å². The van der Waals surface area contributed by atoms with E-state index in [1.807, 2.05) is 18.2 Å². The standard InChI is InChI=1S/C42H38N8/c43-24-8-4-14-30-28-40-41(29-12-2-1-3-13-29)39-23-22-37(49-39)32(16-6-10-26-45)35-19-18-34(47-35)31(15-5-9-25-44)36-20-21-38(48-36)33(42(30)50-40)17-7-11-27-46/h1-3,12-13,18-23,28,47,49H,4-11,14-17H2. The first-order valence-electron chi connectivity index (χ1n) is 17.3. The summed E-state index contributed by atoms with van der Waals surface area (Å²) in [5, 5.41) is 37.5. The Morgan fingerprint density at radius 3 is 1.62 bits per heavy atom. The predicted octanol–water partition coefficient (Wildman–Crippen LogP) is 9.93. The molecule has 0 radical (unpaired) electrons. The molecule has 6 rings (SSSR count). The topological polar surface area (TPSA) is 153 Å². The number of fused-ring (bicyclic) bond motifs is 8. The molecule has 0 unspecified atom stereocenters. The van der Waals surface area contributed by atoms with E-state index in [4.69, 9.17) is 9.97 Å². The smallest absolute Gasteiger partial charge is 0.0739 e. The average molecular weight is 655 g/mol. The van der Waals surface area contributed by atoms with Crippen LogP contribution in [0.15, 0.2) is 54.6 Å². The zero-order chi connectivity index (χ0) is 34.7. The number of unbranched alkanes of at least 4 members (excludes halogenated alkanes) is 4. The van der Waals surface area contributed by atoms with E-state index < -0.39 is 0 Å². The summed E-state index contributed by atoms with van der Waals surface area (Å²) in [4.78, 5) is 18.0. The number of hydrogen-bond acceptors (Lipinski definition) is 6. The normalized spacial score (nSPS) is 11.7. The number of H-pyrrole nitrogens is 2. The van der Waals surface area contributed by atoms with E-state index in [-0.39, 0.29) is 0 Å². The van der Waals surface area contributed by atoms with Crippen LogP contribution in [0.4, 0.5) is 0 Å². The van der Waals surface area contributed by atoms with E-state index in [0.29, 0.717) is 70.6 Å². The van der Waals surface area contributed by atoms with E-state index in [1.54, 1.807) is 0 Å².